The Morgan fingerprint density at radius 2 is 1.72 bits per heavy atom. The molecular weight excluding hydrogens is 496 g/mol. The van der Waals surface area contributed by atoms with Crippen LogP contribution < -0.4 is 9.47 Å². The van der Waals surface area contributed by atoms with Gasteiger partial charge in [-0.1, -0.05) is 48.0 Å². The van der Waals surface area contributed by atoms with Crippen molar-refractivity contribution < 1.29 is 28.6 Å². The van der Waals surface area contributed by atoms with Gasteiger partial charge in [0.25, 0.3) is 0 Å². The highest BCUT2D eigenvalue weighted by Gasteiger charge is 2.57. The lowest BCUT2D eigenvalue weighted by Gasteiger charge is -2.28. The smallest absolute Gasteiger partial charge is 0.416 e. The lowest BCUT2D eigenvalue weighted by molar-refractivity contribution is -0.144. The molecule has 0 spiro atoms. The highest BCUT2D eigenvalue weighted by Crippen LogP contribution is 2.43. The van der Waals surface area contributed by atoms with Crippen molar-refractivity contribution in [2.45, 2.75) is 45.2 Å². The number of amides is 1. The third kappa shape index (κ3) is 5.95. The van der Waals surface area contributed by atoms with Crippen molar-refractivity contribution in [2.75, 3.05) is 6.61 Å². The topological polar surface area (TPSA) is 102 Å². The van der Waals surface area contributed by atoms with Gasteiger partial charge in [-0.3, -0.25) is 4.90 Å². The van der Waals surface area contributed by atoms with E-state index in [0.717, 1.165) is 28.1 Å². The Balaban J connectivity index is 1.25. The fourth-order valence-corrected chi connectivity index (χ4v) is 4.42. The van der Waals surface area contributed by atoms with E-state index in [0.29, 0.717) is 43.3 Å². The van der Waals surface area contributed by atoms with E-state index >= 15 is 0 Å². The van der Waals surface area contributed by atoms with Crippen molar-refractivity contribution in [3.05, 3.63) is 101 Å². The van der Waals surface area contributed by atoms with Crippen LogP contribution in [-0.4, -0.2) is 39.2 Å². The van der Waals surface area contributed by atoms with Crippen LogP contribution in [0.5, 0.6) is 11.5 Å². The standard InChI is InChI=1S/C31H30N2O6/c1-21-11-13-25(14-12-21)39-30(36)33(31(16-17-31)29(34)35)20-23-7-6-10-26(19-23)37-18-15-27-22(2)38-28(32-27)24-8-4-3-5-9-24/h3-14,19H,15-18,20H2,1-2H3,(H,34,35). The van der Waals surface area contributed by atoms with Crippen LogP contribution in [0, 0.1) is 13.8 Å². The van der Waals surface area contributed by atoms with Crippen LogP contribution in [0.25, 0.3) is 11.5 Å². The van der Waals surface area contributed by atoms with E-state index in [9.17, 15) is 14.7 Å². The first-order chi connectivity index (χ1) is 18.8. The van der Waals surface area contributed by atoms with E-state index in [1.807, 2.05) is 80.6 Å². The average Bonchev–Trinajstić information content (AvgIpc) is 3.67. The van der Waals surface area contributed by atoms with Crippen molar-refractivity contribution in [3.63, 3.8) is 0 Å². The molecule has 3 aromatic carbocycles. The van der Waals surface area contributed by atoms with Gasteiger partial charge in [-0.15, -0.1) is 0 Å². The van der Waals surface area contributed by atoms with Crippen LogP contribution >= 0.6 is 0 Å². The fraction of sp³-hybridized carbons (Fsp3) is 0.258. The first kappa shape index (κ1) is 26.0. The van der Waals surface area contributed by atoms with E-state index < -0.39 is 17.6 Å². The zero-order valence-corrected chi connectivity index (χ0v) is 21.9. The molecule has 1 amide bonds. The molecule has 0 bridgehead atoms. The van der Waals surface area contributed by atoms with Crippen molar-refractivity contribution in [2.24, 2.45) is 0 Å². The molecule has 1 fully saturated rings. The molecule has 39 heavy (non-hydrogen) atoms. The Labute approximate surface area is 226 Å². The molecule has 8 heteroatoms. The molecule has 1 N–H and O–H groups in total. The molecule has 0 saturated heterocycles. The number of hydrogen-bond acceptors (Lipinski definition) is 6. The molecule has 0 atom stereocenters. The van der Waals surface area contributed by atoms with Gasteiger partial charge in [0.15, 0.2) is 0 Å². The monoisotopic (exact) mass is 526 g/mol. The third-order valence-electron chi connectivity index (χ3n) is 6.85. The molecule has 1 aliphatic carbocycles. The molecule has 1 saturated carbocycles. The maximum absolute atomic E-state index is 13.1. The highest BCUT2D eigenvalue weighted by atomic mass is 16.6. The zero-order chi connectivity index (χ0) is 27.4. The number of benzene rings is 3. The van der Waals surface area contributed by atoms with Crippen molar-refractivity contribution in [3.8, 4) is 23.0 Å². The zero-order valence-electron chi connectivity index (χ0n) is 21.9. The minimum Gasteiger partial charge on any atom is -0.493 e. The van der Waals surface area contributed by atoms with Crippen LogP contribution in [0.15, 0.2) is 83.3 Å². The number of carbonyl (C=O) groups excluding carboxylic acids is 1. The molecule has 4 aromatic rings. The predicted molar refractivity (Wildman–Crippen MR) is 145 cm³/mol. The van der Waals surface area contributed by atoms with E-state index in [-0.39, 0.29) is 6.54 Å². The summed E-state index contributed by atoms with van der Waals surface area (Å²) in [6.45, 7) is 4.28. The summed E-state index contributed by atoms with van der Waals surface area (Å²) in [5.41, 5.74) is 2.25. The molecule has 5 rings (SSSR count). The molecule has 1 aromatic heterocycles. The number of oxazole rings is 1. The van der Waals surface area contributed by atoms with Gasteiger partial charge in [-0.05, 0) is 68.7 Å². The third-order valence-corrected chi connectivity index (χ3v) is 6.85. The number of aliphatic carboxylic acids is 1. The Kier molecular flexibility index (Phi) is 7.36. The molecule has 0 radical (unpaired) electrons. The number of nitrogens with zero attached hydrogens (tertiary/aromatic N) is 2. The van der Waals surface area contributed by atoms with Gasteiger partial charge >= 0.3 is 12.1 Å². The highest BCUT2D eigenvalue weighted by molar-refractivity contribution is 5.88. The van der Waals surface area contributed by atoms with Crippen molar-refractivity contribution in [1.82, 2.24) is 9.88 Å². The van der Waals surface area contributed by atoms with Gasteiger partial charge < -0.3 is 19.0 Å². The Bertz CT molecular complexity index is 1460. The maximum atomic E-state index is 13.1. The summed E-state index contributed by atoms with van der Waals surface area (Å²) in [6.07, 6.45) is 0.622. The number of carboxylic acid groups (broad SMARTS) is 1. The van der Waals surface area contributed by atoms with Gasteiger partial charge in [0.05, 0.1) is 18.8 Å². The number of rotatable bonds is 10. The molecule has 0 unspecified atom stereocenters. The summed E-state index contributed by atoms with van der Waals surface area (Å²) in [5.74, 6) is 1.28. The minimum atomic E-state index is -1.26. The van der Waals surface area contributed by atoms with E-state index in [2.05, 4.69) is 4.98 Å². The summed E-state index contributed by atoms with van der Waals surface area (Å²) >= 11 is 0. The average molecular weight is 527 g/mol. The van der Waals surface area contributed by atoms with Gasteiger partial charge in [0, 0.05) is 12.0 Å². The number of carboxylic acids is 1. The lowest BCUT2D eigenvalue weighted by Crippen LogP contribution is -2.48. The summed E-state index contributed by atoms with van der Waals surface area (Å²) in [5, 5.41) is 9.89. The minimum absolute atomic E-state index is 0.0804. The summed E-state index contributed by atoms with van der Waals surface area (Å²) in [7, 11) is 0. The SMILES string of the molecule is Cc1ccc(OC(=O)N(Cc2cccc(OCCc3nc(-c4ccccc4)oc3C)c2)C2(C(=O)O)CC2)cc1. The second-order valence-electron chi connectivity index (χ2n) is 9.74. The van der Waals surface area contributed by atoms with Crippen LogP contribution in [-0.2, 0) is 17.8 Å². The Hall–Kier alpha value is -4.59. The summed E-state index contributed by atoms with van der Waals surface area (Å²) < 4.78 is 17.4. The lowest BCUT2D eigenvalue weighted by atomic mass is 10.1. The molecule has 1 aliphatic rings. The largest absolute Gasteiger partial charge is 0.493 e. The van der Waals surface area contributed by atoms with Crippen LogP contribution in [0.3, 0.4) is 0 Å². The van der Waals surface area contributed by atoms with E-state index in [4.69, 9.17) is 13.9 Å². The summed E-state index contributed by atoms with van der Waals surface area (Å²) in [4.78, 5) is 31.1. The Morgan fingerprint density at radius 3 is 2.41 bits per heavy atom. The molecule has 8 nitrogen and oxygen atoms in total. The number of aryl methyl sites for hydroxylation is 2. The normalized spacial score (nSPS) is 13.5. The second kappa shape index (κ2) is 11.0. The van der Waals surface area contributed by atoms with E-state index in [1.165, 1.54) is 4.90 Å². The van der Waals surface area contributed by atoms with Gasteiger partial charge in [-0.25, -0.2) is 14.6 Å². The van der Waals surface area contributed by atoms with Crippen LogP contribution in [0.1, 0.15) is 35.4 Å². The molecular formula is C31H30N2O6. The molecule has 0 aliphatic heterocycles. The van der Waals surface area contributed by atoms with E-state index in [1.54, 1.807) is 12.1 Å². The first-order valence-electron chi connectivity index (χ1n) is 12.9. The van der Waals surface area contributed by atoms with Gasteiger partial charge in [0.1, 0.15) is 22.8 Å². The molecule has 200 valence electrons. The van der Waals surface area contributed by atoms with Crippen molar-refractivity contribution in [1.29, 1.82) is 0 Å². The van der Waals surface area contributed by atoms with Crippen LogP contribution in [0.4, 0.5) is 4.79 Å². The molecule has 1 heterocycles. The number of ether oxygens (including phenoxy) is 2. The predicted octanol–water partition coefficient (Wildman–Crippen LogP) is 6.20. The second-order valence-corrected chi connectivity index (χ2v) is 9.74. The Morgan fingerprint density at radius 1 is 0.974 bits per heavy atom. The fourth-order valence-electron chi connectivity index (χ4n) is 4.42. The summed E-state index contributed by atoms with van der Waals surface area (Å²) in [6, 6.07) is 24.1. The number of aromatic nitrogens is 1. The quantitative estimate of drug-likeness (QED) is 0.263. The van der Waals surface area contributed by atoms with Gasteiger partial charge in [0.2, 0.25) is 5.89 Å². The number of carbonyl (C=O) groups is 2. The van der Waals surface area contributed by atoms with Gasteiger partial charge in [-0.2, -0.15) is 0 Å². The van der Waals surface area contributed by atoms with Crippen molar-refractivity contribution >= 4 is 12.1 Å². The van der Waals surface area contributed by atoms with Crippen LogP contribution in [0.2, 0.25) is 0 Å². The number of hydrogen-bond donors (Lipinski definition) is 1. The first-order valence-corrected chi connectivity index (χ1v) is 12.9. The maximum Gasteiger partial charge on any atom is 0.416 e.